The van der Waals surface area contributed by atoms with Gasteiger partial charge in [0.05, 0.1) is 0 Å². The molecule has 106 valence electrons. The van der Waals surface area contributed by atoms with Crippen LogP contribution in [0.5, 0.6) is 5.75 Å². The molecule has 0 N–H and O–H groups in total. The maximum Gasteiger partial charge on any atom is 0.161 e. The van der Waals surface area contributed by atoms with Gasteiger partial charge in [-0.3, -0.25) is 0 Å². The van der Waals surface area contributed by atoms with Crippen molar-refractivity contribution in [2.75, 3.05) is 11.6 Å². The van der Waals surface area contributed by atoms with Crippen LogP contribution in [0.1, 0.15) is 22.3 Å². The maximum absolute atomic E-state index is 6.04. The lowest BCUT2D eigenvalue weighted by Crippen LogP contribution is -2.32. The number of para-hydroxylation sites is 1. The Balaban J connectivity index is 1.62. The second-order valence-corrected chi connectivity index (χ2v) is 5.82. The van der Waals surface area contributed by atoms with Gasteiger partial charge in [0.15, 0.2) is 6.73 Å². The van der Waals surface area contributed by atoms with Gasteiger partial charge in [0.25, 0.3) is 0 Å². The van der Waals surface area contributed by atoms with Gasteiger partial charge in [-0.05, 0) is 48.1 Å². The number of aryl methyl sites for hydroxylation is 2. The molecule has 0 unspecified atom stereocenters. The first kappa shape index (κ1) is 12.5. The lowest BCUT2D eigenvalue weighted by atomic mass is 9.88. The van der Waals surface area contributed by atoms with E-state index in [1.54, 1.807) is 0 Å². The number of anilines is 1. The topological polar surface area (TPSA) is 12.5 Å². The van der Waals surface area contributed by atoms with Gasteiger partial charge in [-0.15, -0.1) is 6.58 Å². The van der Waals surface area contributed by atoms with E-state index in [-0.39, 0.29) is 0 Å². The third kappa shape index (κ3) is 2.11. The minimum Gasteiger partial charge on any atom is -0.472 e. The molecule has 1 aliphatic carbocycles. The highest BCUT2D eigenvalue weighted by molar-refractivity contribution is 5.56. The third-order valence-corrected chi connectivity index (χ3v) is 4.49. The fourth-order valence-corrected chi connectivity index (χ4v) is 3.20. The van der Waals surface area contributed by atoms with Crippen molar-refractivity contribution in [3.8, 4) is 5.75 Å². The van der Waals surface area contributed by atoms with Crippen molar-refractivity contribution in [2.24, 2.45) is 0 Å². The predicted molar refractivity (Wildman–Crippen MR) is 85.9 cm³/mol. The fourth-order valence-electron chi connectivity index (χ4n) is 3.20. The summed E-state index contributed by atoms with van der Waals surface area (Å²) in [7, 11) is 0. The summed E-state index contributed by atoms with van der Waals surface area (Å²) in [5.41, 5.74) is 6.78. The molecule has 21 heavy (non-hydrogen) atoms. The second kappa shape index (κ2) is 4.96. The third-order valence-electron chi connectivity index (χ3n) is 4.49. The summed E-state index contributed by atoms with van der Waals surface area (Å²) in [6.07, 6.45) is 5.25. The van der Waals surface area contributed by atoms with E-state index < -0.39 is 0 Å². The lowest BCUT2D eigenvalue weighted by molar-refractivity contribution is 0.286. The number of hydrogen-bond acceptors (Lipinski definition) is 2. The van der Waals surface area contributed by atoms with Crippen molar-refractivity contribution in [2.45, 2.75) is 25.8 Å². The minimum absolute atomic E-state index is 0.625. The molecular weight excluding hydrogens is 258 g/mol. The summed E-state index contributed by atoms with van der Waals surface area (Å²) in [6.45, 7) is 5.37. The Kier molecular flexibility index (Phi) is 2.95. The normalized spacial score (nSPS) is 15.5. The van der Waals surface area contributed by atoms with Crippen LogP contribution in [0.2, 0.25) is 0 Å². The summed E-state index contributed by atoms with van der Waals surface area (Å²) >= 11 is 0. The van der Waals surface area contributed by atoms with Gasteiger partial charge in [0, 0.05) is 17.8 Å². The predicted octanol–water partition coefficient (Wildman–Crippen LogP) is 3.87. The zero-order valence-electron chi connectivity index (χ0n) is 12.1. The van der Waals surface area contributed by atoms with Gasteiger partial charge >= 0.3 is 0 Å². The molecule has 0 bridgehead atoms. The van der Waals surface area contributed by atoms with Crippen molar-refractivity contribution in [1.29, 1.82) is 0 Å². The molecule has 0 amide bonds. The van der Waals surface area contributed by atoms with E-state index in [0.717, 1.165) is 18.7 Å². The molecule has 2 nitrogen and oxygen atoms in total. The highest BCUT2D eigenvalue weighted by Crippen LogP contribution is 2.34. The summed E-state index contributed by atoms with van der Waals surface area (Å²) in [6, 6.07) is 13.2. The van der Waals surface area contributed by atoms with Crippen molar-refractivity contribution >= 4 is 5.69 Å². The van der Waals surface area contributed by atoms with Gasteiger partial charge in [-0.1, -0.05) is 30.3 Å². The Morgan fingerprint density at radius 2 is 2.00 bits per heavy atom. The monoisotopic (exact) mass is 277 g/mol. The van der Waals surface area contributed by atoms with Crippen molar-refractivity contribution < 1.29 is 4.74 Å². The molecule has 2 aromatic rings. The van der Waals surface area contributed by atoms with E-state index in [2.05, 4.69) is 47.9 Å². The molecule has 0 fully saturated rings. The Morgan fingerprint density at radius 1 is 1.10 bits per heavy atom. The average Bonchev–Trinajstić information content (AvgIpc) is 2.49. The van der Waals surface area contributed by atoms with E-state index >= 15 is 0 Å². The molecule has 0 atom stereocenters. The van der Waals surface area contributed by atoms with Crippen LogP contribution in [0.4, 0.5) is 5.69 Å². The lowest BCUT2D eigenvalue weighted by Gasteiger charge is -2.33. The first-order valence-electron chi connectivity index (χ1n) is 7.56. The van der Waals surface area contributed by atoms with Gasteiger partial charge in [0.1, 0.15) is 5.75 Å². The van der Waals surface area contributed by atoms with Crippen LogP contribution >= 0.6 is 0 Å². The number of nitrogens with zero attached hydrogens (tertiary/aromatic N) is 1. The number of benzene rings is 2. The van der Waals surface area contributed by atoms with E-state index in [1.807, 2.05) is 6.08 Å². The summed E-state index contributed by atoms with van der Waals surface area (Å²) in [5.74, 6) is 1.05. The van der Waals surface area contributed by atoms with Gasteiger partial charge in [-0.25, -0.2) is 0 Å². The zero-order valence-corrected chi connectivity index (χ0v) is 12.1. The molecule has 2 aliphatic rings. The van der Waals surface area contributed by atoms with E-state index in [0.29, 0.717) is 6.73 Å². The summed E-state index contributed by atoms with van der Waals surface area (Å²) in [5, 5.41) is 0. The average molecular weight is 277 g/mol. The Hall–Kier alpha value is -2.22. The van der Waals surface area contributed by atoms with Gasteiger partial charge in [0.2, 0.25) is 0 Å². The van der Waals surface area contributed by atoms with Crippen molar-refractivity contribution in [3.05, 3.63) is 71.3 Å². The van der Waals surface area contributed by atoms with E-state index in [9.17, 15) is 0 Å². The van der Waals surface area contributed by atoms with E-state index in [1.165, 1.54) is 40.8 Å². The van der Waals surface area contributed by atoms with Crippen LogP contribution in [0.3, 0.4) is 0 Å². The SMILES string of the molecule is C=CCc1cccc2c1OCN(c1ccc3c(c1)CC3)C2. The molecule has 4 rings (SSSR count). The number of allylic oxidation sites excluding steroid dienone is 1. The molecule has 1 heterocycles. The molecule has 2 heteroatoms. The van der Waals surface area contributed by atoms with Crippen LogP contribution in [0, 0.1) is 0 Å². The second-order valence-electron chi connectivity index (χ2n) is 5.82. The first-order chi connectivity index (χ1) is 10.3. The number of hydrogen-bond donors (Lipinski definition) is 0. The standard InChI is InChI=1S/C19H19NO/c1-2-4-15-5-3-6-17-12-20(13-21-19(15)17)18-10-9-14-7-8-16(14)11-18/h2-3,5-6,9-11H,1,4,7-8,12-13H2. The largest absolute Gasteiger partial charge is 0.472 e. The quantitative estimate of drug-likeness (QED) is 0.790. The van der Waals surface area contributed by atoms with Crippen LogP contribution < -0.4 is 9.64 Å². The molecule has 0 aromatic heterocycles. The zero-order chi connectivity index (χ0) is 14.2. The van der Waals surface area contributed by atoms with Crippen LogP contribution in [0.15, 0.2) is 49.1 Å². The maximum atomic E-state index is 6.04. The minimum atomic E-state index is 0.625. The van der Waals surface area contributed by atoms with Crippen LogP contribution in [-0.2, 0) is 25.8 Å². The smallest absolute Gasteiger partial charge is 0.161 e. The summed E-state index contributed by atoms with van der Waals surface area (Å²) < 4.78 is 6.04. The van der Waals surface area contributed by atoms with E-state index in [4.69, 9.17) is 4.74 Å². The number of rotatable bonds is 3. The number of ether oxygens (including phenoxy) is 1. The molecule has 2 aromatic carbocycles. The Labute approximate surface area is 125 Å². The molecule has 0 saturated heterocycles. The Bertz CT molecular complexity index is 705. The molecule has 0 spiro atoms. The molecule has 0 radical (unpaired) electrons. The van der Waals surface area contributed by atoms with Crippen LogP contribution in [-0.4, -0.2) is 6.73 Å². The van der Waals surface area contributed by atoms with Crippen LogP contribution in [0.25, 0.3) is 0 Å². The first-order valence-corrected chi connectivity index (χ1v) is 7.56. The summed E-state index contributed by atoms with van der Waals surface area (Å²) in [4.78, 5) is 2.30. The van der Waals surface area contributed by atoms with Gasteiger partial charge in [-0.2, -0.15) is 0 Å². The highest BCUT2D eigenvalue weighted by atomic mass is 16.5. The fraction of sp³-hybridized carbons (Fsp3) is 0.263. The highest BCUT2D eigenvalue weighted by Gasteiger charge is 2.21. The molecular formula is C19H19NO. The van der Waals surface area contributed by atoms with Gasteiger partial charge < -0.3 is 9.64 Å². The number of fused-ring (bicyclic) bond motifs is 2. The Morgan fingerprint density at radius 3 is 2.76 bits per heavy atom. The molecule has 1 aliphatic heterocycles. The van der Waals surface area contributed by atoms with Crippen molar-refractivity contribution in [1.82, 2.24) is 0 Å². The molecule has 0 saturated carbocycles. The van der Waals surface area contributed by atoms with Crippen molar-refractivity contribution in [3.63, 3.8) is 0 Å².